The zero-order valence-corrected chi connectivity index (χ0v) is 11.9. The Kier molecular flexibility index (Phi) is 5.10. The number of pyridine rings is 1. The van der Waals surface area contributed by atoms with E-state index in [1.54, 1.807) is 6.07 Å². The second-order valence-electron chi connectivity index (χ2n) is 4.36. The third-order valence-electron chi connectivity index (χ3n) is 2.98. The third-order valence-corrected chi connectivity index (χ3v) is 4.97. The number of hydrogen-bond donors (Lipinski definition) is 1. The van der Waals surface area contributed by atoms with E-state index in [4.69, 9.17) is 5.73 Å². The molecule has 0 aliphatic heterocycles. The molecule has 0 aliphatic rings. The van der Waals surface area contributed by atoms with Crippen LogP contribution in [0.5, 0.6) is 0 Å². The minimum atomic E-state index is -3.54. The quantitative estimate of drug-likeness (QED) is 0.854. The van der Waals surface area contributed by atoms with E-state index < -0.39 is 10.0 Å². The standard InChI is InChI=1S/C12H21N3O2S/c1-4-10(3)9-15(5-2)18(16,17)11-7-6-8-14-12(11)13/h6-8,10H,4-5,9H2,1-3H3,(H2,13,14). The first-order valence-corrected chi connectivity index (χ1v) is 7.58. The van der Waals surface area contributed by atoms with Crippen LogP contribution in [0, 0.1) is 5.92 Å². The number of rotatable bonds is 6. The molecule has 0 aliphatic carbocycles. The van der Waals surface area contributed by atoms with Gasteiger partial charge in [-0.2, -0.15) is 4.31 Å². The molecular weight excluding hydrogens is 250 g/mol. The summed E-state index contributed by atoms with van der Waals surface area (Å²) in [5, 5.41) is 0. The highest BCUT2D eigenvalue weighted by Crippen LogP contribution is 2.21. The van der Waals surface area contributed by atoms with Crippen LogP contribution in [0.4, 0.5) is 5.82 Å². The van der Waals surface area contributed by atoms with Gasteiger partial charge >= 0.3 is 0 Å². The fourth-order valence-corrected chi connectivity index (χ4v) is 3.27. The lowest BCUT2D eigenvalue weighted by Gasteiger charge is -2.23. The van der Waals surface area contributed by atoms with Crippen LogP contribution in [0.25, 0.3) is 0 Å². The Morgan fingerprint density at radius 1 is 1.44 bits per heavy atom. The maximum atomic E-state index is 12.4. The second kappa shape index (κ2) is 6.15. The fraction of sp³-hybridized carbons (Fsp3) is 0.583. The lowest BCUT2D eigenvalue weighted by Crippen LogP contribution is -2.35. The molecule has 1 rings (SSSR count). The maximum absolute atomic E-state index is 12.4. The van der Waals surface area contributed by atoms with Crippen LogP contribution in [-0.4, -0.2) is 30.8 Å². The summed E-state index contributed by atoms with van der Waals surface area (Å²) < 4.78 is 26.3. The molecule has 5 nitrogen and oxygen atoms in total. The molecule has 0 bridgehead atoms. The van der Waals surface area contributed by atoms with Crippen LogP contribution in [-0.2, 0) is 10.0 Å². The maximum Gasteiger partial charge on any atom is 0.246 e. The van der Waals surface area contributed by atoms with E-state index in [2.05, 4.69) is 4.98 Å². The molecule has 0 spiro atoms. The lowest BCUT2D eigenvalue weighted by atomic mass is 10.1. The Hall–Kier alpha value is -1.14. The molecule has 2 N–H and O–H groups in total. The summed E-state index contributed by atoms with van der Waals surface area (Å²) in [6.45, 7) is 6.84. The summed E-state index contributed by atoms with van der Waals surface area (Å²) in [6.07, 6.45) is 2.42. The van der Waals surface area contributed by atoms with E-state index in [9.17, 15) is 8.42 Å². The third kappa shape index (κ3) is 3.20. The molecule has 1 atom stereocenters. The van der Waals surface area contributed by atoms with Gasteiger partial charge in [0.1, 0.15) is 10.7 Å². The highest BCUT2D eigenvalue weighted by atomic mass is 32.2. The van der Waals surface area contributed by atoms with E-state index >= 15 is 0 Å². The van der Waals surface area contributed by atoms with Crippen LogP contribution < -0.4 is 5.73 Å². The molecule has 1 aromatic heterocycles. The lowest BCUT2D eigenvalue weighted by molar-refractivity contribution is 0.361. The van der Waals surface area contributed by atoms with Gasteiger partial charge in [-0.15, -0.1) is 0 Å². The summed E-state index contributed by atoms with van der Waals surface area (Å²) in [4.78, 5) is 3.93. The van der Waals surface area contributed by atoms with Crippen molar-refractivity contribution in [2.45, 2.75) is 32.1 Å². The molecule has 0 radical (unpaired) electrons. The predicted octanol–water partition coefficient (Wildman–Crippen LogP) is 1.72. The van der Waals surface area contributed by atoms with Crippen LogP contribution in [0.15, 0.2) is 23.2 Å². The largest absolute Gasteiger partial charge is 0.383 e. The van der Waals surface area contributed by atoms with Gasteiger partial charge in [0.15, 0.2) is 0 Å². The van der Waals surface area contributed by atoms with Gasteiger partial charge < -0.3 is 5.73 Å². The average Bonchev–Trinajstić information content (AvgIpc) is 2.35. The van der Waals surface area contributed by atoms with E-state index in [-0.39, 0.29) is 10.7 Å². The van der Waals surface area contributed by atoms with Crippen molar-refractivity contribution in [2.24, 2.45) is 5.92 Å². The average molecular weight is 271 g/mol. The Labute approximate surface area is 109 Å². The smallest absolute Gasteiger partial charge is 0.246 e. The van der Waals surface area contributed by atoms with Crippen molar-refractivity contribution in [1.82, 2.24) is 9.29 Å². The van der Waals surface area contributed by atoms with Crippen molar-refractivity contribution in [3.8, 4) is 0 Å². The molecule has 6 heteroatoms. The molecule has 1 aromatic rings. The Bertz CT molecular complexity index is 488. The molecule has 102 valence electrons. The van der Waals surface area contributed by atoms with E-state index in [0.29, 0.717) is 19.0 Å². The number of nitrogen functional groups attached to an aromatic ring is 1. The number of aromatic nitrogens is 1. The Morgan fingerprint density at radius 2 is 2.11 bits per heavy atom. The predicted molar refractivity (Wildman–Crippen MR) is 72.5 cm³/mol. The first kappa shape index (κ1) is 14.9. The van der Waals surface area contributed by atoms with Crippen molar-refractivity contribution in [1.29, 1.82) is 0 Å². The fourth-order valence-electron chi connectivity index (χ4n) is 1.63. The van der Waals surface area contributed by atoms with Crippen LogP contribution in [0.3, 0.4) is 0 Å². The van der Waals surface area contributed by atoms with Gasteiger partial charge in [0, 0.05) is 19.3 Å². The van der Waals surface area contributed by atoms with Gasteiger partial charge in [0.2, 0.25) is 10.0 Å². The summed E-state index contributed by atoms with van der Waals surface area (Å²) in [6, 6.07) is 3.08. The molecule has 0 aromatic carbocycles. The number of hydrogen-bond acceptors (Lipinski definition) is 4. The SMILES string of the molecule is CCC(C)CN(CC)S(=O)(=O)c1cccnc1N. The first-order valence-electron chi connectivity index (χ1n) is 6.14. The number of sulfonamides is 1. The highest BCUT2D eigenvalue weighted by Gasteiger charge is 2.26. The normalized spacial score (nSPS) is 13.8. The second-order valence-corrected chi connectivity index (χ2v) is 6.26. The van der Waals surface area contributed by atoms with Crippen molar-refractivity contribution in [2.75, 3.05) is 18.8 Å². The molecule has 1 heterocycles. The molecule has 1 unspecified atom stereocenters. The molecule has 18 heavy (non-hydrogen) atoms. The number of nitrogens with zero attached hydrogens (tertiary/aromatic N) is 2. The zero-order chi connectivity index (χ0) is 13.8. The molecule has 0 saturated carbocycles. The molecule has 0 fully saturated rings. The number of anilines is 1. The van der Waals surface area contributed by atoms with Gasteiger partial charge in [0.05, 0.1) is 0 Å². The minimum Gasteiger partial charge on any atom is -0.383 e. The summed E-state index contributed by atoms with van der Waals surface area (Å²) in [5.74, 6) is 0.373. The first-order chi connectivity index (χ1) is 8.43. The topological polar surface area (TPSA) is 76.3 Å². The summed E-state index contributed by atoms with van der Waals surface area (Å²) in [5.41, 5.74) is 5.65. The monoisotopic (exact) mass is 271 g/mol. The van der Waals surface area contributed by atoms with Crippen molar-refractivity contribution in [3.63, 3.8) is 0 Å². The molecular formula is C12H21N3O2S. The summed E-state index contributed by atoms with van der Waals surface area (Å²) >= 11 is 0. The van der Waals surface area contributed by atoms with E-state index in [1.165, 1.54) is 16.6 Å². The van der Waals surface area contributed by atoms with Crippen molar-refractivity contribution < 1.29 is 8.42 Å². The van der Waals surface area contributed by atoms with Crippen LogP contribution in [0.1, 0.15) is 27.2 Å². The van der Waals surface area contributed by atoms with Gasteiger partial charge in [-0.3, -0.25) is 0 Å². The van der Waals surface area contributed by atoms with E-state index in [1.807, 2.05) is 20.8 Å². The van der Waals surface area contributed by atoms with Gasteiger partial charge in [0.25, 0.3) is 0 Å². The van der Waals surface area contributed by atoms with Crippen LogP contribution >= 0.6 is 0 Å². The van der Waals surface area contributed by atoms with Crippen molar-refractivity contribution in [3.05, 3.63) is 18.3 Å². The molecule has 0 amide bonds. The molecule has 0 saturated heterocycles. The minimum absolute atomic E-state index is 0.0556. The highest BCUT2D eigenvalue weighted by molar-refractivity contribution is 7.89. The van der Waals surface area contributed by atoms with Crippen LogP contribution in [0.2, 0.25) is 0 Å². The van der Waals surface area contributed by atoms with Crippen molar-refractivity contribution >= 4 is 15.8 Å². The van der Waals surface area contributed by atoms with E-state index in [0.717, 1.165) is 6.42 Å². The van der Waals surface area contributed by atoms with Gasteiger partial charge in [-0.25, -0.2) is 13.4 Å². The Balaban J connectivity index is 3.08. The Morgan fingerprint density at radius 3 is 2.61 bits per heavy atom. The van der Waals surface area contributed by atoms with Gasteiger partial charge in [-0.05, 0) is 18.1 Å². The number of nitrogens with two attached hydrogens (primary N) is 1. The van der Waals surface area contributed by atoms with Gasteiger partial charge in [-0.1, -0.05) is 27.2 Å². The summed E-state index contributed by atoms with van der Waals surface area (Å²) in [7, 11) is -3.54. The zero-order valence-electron chi connectivity index (χ0n) is 11.1.